The number of amides is 1. The maximum Gasteiger partial charge on any atom is 0.269 e. The third-order valence-corrected chi connectivity index (χ3v) is 2.19. The molecule has 1 heterocycles. The van der Waals surface area contributed by atoms with E-state index in [1.54, 1.807) is 30.3 Å². The number of carbonyl (C=O) groups is 1. The first-order chi connectivity index (χ1) is 9.83. The maximum atomic E-state index is 11.7. The van der Waals surface area contributed by atoms with E-state index in [2.05, 4.69) is 4.98 Å². The highest BCUT2D eigenvalue weighted by molar-refractivity contribution is 5.92. The predicted octanol–water partition coefficient (Wildman–Crippen LogP) is 1.82. The molecule has 1 aromatic carbocycles. The number of hydrogen-bond donors (Lipinski definition) is 2. The van der Waals surface area contributed by atoms with Crippen molar-refractivity contribution in [3.8, 4) is 11.5 Å². The molecule has 2 rings (SSSR count). The molecule has 92 valence electrons. The Morgan fingerprint density at radius 1 is 1.33 bits per heavy atom. The van der Waals surface area contributed by atoms with Crippen LogP contribution in [0.3, 0.4) is 0 Å². The van der Waals surface area contributed by atoms with Gasteiger partial charge in [0, 0.05) is 29.0 Å². The van der Waals surface area contributed by atoms with Gasteiger partial charge in [0.25, 0.3) is 5.91 Å². The highest BCUT2D eigenvalue weighted by Crippen LogP contribution is 2.22. The van der Waals surface area contributed by atoms with E-state index in [1.807, 2.05) is 5.32 Å². The molecular weight excluding hydrogens is 230 g/mol. The van der Waals surface area contributed by atoms with E-state index in [1.165, 1.54) is 12.3 Å². The molecule has 3 N–H and O–H groups in total. The van der Waals surface area contributed by atoms with E-state index in [4.69, 9.17) is 14.6 Å². The van der Waals surface area contributed by atoms with Crippen molar-refractivity contribution in [3.63, 3.8) is 0 Å². The van der Waals surface area contributed by atoms with Crippen LogP contribution in [0.5, 0.6) is 11.5 Å². The molecule has 0 bridgehead atoms. The van der Waals surface area contributed by atoms with Crippen molar-refractivity contribution in [1.82, 2.24) is 10.3 Å². The van der Waals surface area contributed by atoms with Gasteiger partial charge in [-0.05, 0) is 30.3 Å². The van der Waals surface area contributed by atoms with Gasteiger partial charge < -0.3 is 15.8 Å². The number of rotatable bonds is 3. The van der Waals surface area contributed by atoms with Gasteiger partial charge in [0.2, 0.25) is 0 Å². The van der Waals surface area contributed by atoms with Crippen molar-refractivity contribution in [3.05, 3.63) is 48.3 Å². The van der Waals surface area contributed by atoms with E-state index in [0.717, 1.165) is 0 Å². The highest BCUT2D eigenvalue weighted by Gasteiger charge is 2.06. The third-order valence-electron chi connectivity index (χ3n) is 2.19. The fourth-order valence-electron chi connectivity index (χ4n) is 1.33. The molecule has 5 heteroatoms. The Labute approximate surface area is 109 Å². The molecule has 0 aliphatic carbocycles. The van der Waals surface area contributed by atoms with Crippen LogP contribution in [0.25, 0.3) is 0 Å². The second kappa shape index (κ2) is 5.18. The smallest absolute Gasteiger partial charge is 0.269 e. The monoisotopic (exact) mass is 246 g/mol. The van der Waals surface area contributed by atoms with Gasteiger partial charge in [-0.3, -0.25) is 9.78 Å². The highest BCUT2D eigenvalue weighted by atomic mass is 16.5. The summed E-state index contributed by atoms with van der Waals surface area (Å²) < 4.78 is 26.5. The fraction of sp³-hybridized carbons (Fsp3) is 0.0769. The number of nitrogens with one attached hydrogen (secondary N) is 1. The molecule has 0 saturated carbocycles. The molecule has 0 aliphatic rings. The summed E-state index contributed by atoms with van der Waals surface area (Å²) in [6, 6.07) is 9.63. The minimum atomic E-state index is -2.56. The van der Waals surface area contributed by atoms with Crippen molar-refractivity contribution in [2.75, 3.05) is 12.7 Å². The van der Waals surface area contributed by atoms with Crippen LogP contribution in [-0.4, -0.2) is 17.9 Å². The minimum absolute atomic E-state index is 0.0425. The minimum Gasteiger partial charge on any atom is -0.457 e. The topological polar surface area (TPSA) is 77.2 Å². The molecule has 0 atom stereocenters. The molecule has 0 unspecified atom stereocenters. The number of nitrogens with zero attached hydrogens (tertiary/aromatic N) is 1. The Morgan fingerprint density at radius 2 is 2.11 bits per heavy atom. The van der Waals surface area contributed by atoms with Gasteiger partial charge in [-0.25, -0.2) is 0 Å². The Bertz CT molecular complexity index is 642. The standard InChI is InChI=1S/C13H13N3O2/c1-15-13(17)12-8-11(6-7-16-12)18-10-4-2-9(14)3-5-10/h2-8H,14H2,1H3,(H,15,17)/i1D3. The van der Waals surface area contributed by atoms with Crippen LogP contribution in [0.4, 0.5) is 5.69 Å². The van der Waals surface area contributed by atoms with E-state index in [-0.39, 0.29) is 5.69 Å². The first kappa shape index (κ1) is 8.52. The number of benzene rings is 1. The van der Waals surface area contributed by atoms with Crippen LogP contribution in [0.15, 0.2) is 42.6 Å². The van der Waals surface area contributed by atoms with Crippen LogP contribution in [-0.2, 0) is 0 Å². The SMILES string of the molecule is [2H]C([2H])([2H])NC(=O)c1cc(Oc2ccc(N)cc2)ccn1. The number of aromatic nitrogens is 1. The average molecular weight is 246 g/mol. The second-order valence-electron chi connectivity index (χ2n) is 3.50. The molecule has 0 saturated heterocycles. The van der Waals surface area contributed by atoms with Crippen molar-refractivity contribution < 1.29 is 13.6 Å². The van der Waals surface area contributed by atoms with Crippen LogP contribution < -0.4 is 15.8 Å². The summed E-state index contributed by atoms with van der Waals surface area (Å²) in [5.74, 6) is 0.112. The van der Waals surface area contributed by atoms with Gasteiger partial charge in [0.1, 0.15) is 17.2 Å². The van der Waals surface area contributed by atoms with Crippen molar-refractivity contribution >= 4 is 11.6 Å². The number of anilines is 1. The number of nitrogen functional groups attached to an aromatic ring is 1. The van der Waals surface area contributed by atoms with Gasteiger partial charge in [-0.15, -0.1) is 0 Å². The zero-order valence-corrected chi connectivity index (χ0v) is 9.38. The van der Waals surface area contributed by atoms with Gasteiger partial charge in [-0.1, -0.05) is 0 Å². The lowest BCUT2D eigenvalue weighted by Gasteiger charge is -2.06. The lowest BCUT2D eigenvalue weighted by Crippen LogP contribution is -2.18. The van der Waals surface area contributed by atoms with Gasteiger partial charge in [0.15, 0.2) is 0 Å². The Kier molecular flexibility index (Phi) is 2.45. The Hall–Kier alpha value is -2.56. The molecule has 5 nitrogen and oxygen atoms in total. The molecule has 0 radical (unpaired) electrons. The molecule has 18 heavy (non-hydrogen) atoms. The molecule has 0 fully saturated rings. The summed E-state index contributed by atoms with van der Waals surface area (Å²) in [7, 11) is 0. The summed E-state index contributed by atoms with van der Waals surface area (Å²) in [5, 5.41) is 1.86. The van der Waals surface area contributed by atoms with E-state index < -0.39 is 12.9 Å². The van der Waals surface area contributed by atoms with Gasteiger partial charge in [-0.2, -0.15) is 0 Å². The van der Waals surface area contributed by atoms with Gasteiger partial charge in [0.05, 0.1) is 0 Å². The quantitative estimate of drug-likeness (QED) is 0.810. The van der Waals surface area contributed by atoms with Crippen LogP contribution in [0, 0.1) is 0 Å². The summed E-state index contributed by atoms with van der Waals surface area (Å²) in [5.41, 5.74) is 6.13. The van der Waals surface area contributed by atoms with Crippen LogP contribution >= 0.6 is 0 Å². The lowest BCUT2D eigenvalue weighted by molar-refractivity contribution is 0.0958. The normalized spacial score (nSPS) is 13.0. The number of nitrogens with two attached hydrogens (primary N) is 1. The number of carbonyl (C=O) groups excluding carboxylic acids is 1. The average Bonchev–Trinajstić information content (AvgIpc) is 2.40. The summed E-state index contributed by atoms with van der Waals surface area (Å²) in [6.45, 7) is -2.56. The molecule has 1 amide bonds. The predicted molar refractivity (Wildman–Crippen MR) is 68.6 cm³/mol. The van der Waals surface area contributed by atoms with Crippen LogP contribution in [0.2, 0.25) is 0 Å². The van der Waals surface area contributed by atoms with Crippen molar-refractivity contribution in [1.29, 1.82) is 0 Å². The number of pyridine rings is 1. The van der Waals surface area contributed by atoms with Crippen molar-refractivity contribution in [2.45, 2.75) is 0 Å². The van der Waals surface area contributed by atoms with E-state index >= 15 is 0 Å². The summed E-state index contributed by atoms with van der Waals surface area (Å²) in [6.07, 6.45) is 1.36. The zero-order chi connectivity index (χ0) is 15.5. The maximum absolute atomic E-state index is 11.7. The van der Waals surface area contributed by atoms with E-state index in [9.17, 15) is 4.79 Å². The number of ether oxygens (including phenoxy) is 1. The molecule has 0 aliphatic heterocycles. The fourth-order valence-corrected chi connectivity index (χ4v) is 1.33. The summed E-state index contributed by atoms with van der Waals surface area (Å²) >= 11 is 0. The molecular formula is C13H13N3O2. The van der Waals surface area contributed by atoms with Gasteiger partial charge >= 0.3 is 0 Å². The first-order valence-corrected chi connectivity index (χ1v) is 5.15. The summed E-state index contributed by atoms with van der Waals surface area (Å²) in [4.78, 5) is 15.5. The second-order valence-corrected chi connectivity index (χ2v) is 3.50. The Morgan fingerprint density at radius 3 is 2.83 bits per heavy atom. The molecule has 1 aromatic heterocycles. The zero-order valence-electron chi connectivity index (χ0n) is 12.4. The molecule has 0 spiro atoms. The van der Waals surface area contributed by atoms with Crippen molar-refractivity contribution in [2.24, 2.45) is 0 Å². The largest absolute Gasteiger partial charge is 0.457 e. The first-order valence-electron chi connectivity index (χ1n) is 6.65. The lowest BCUT2D eigenvalue weighted by atomic mass is 10.3. The molecule has 2 aromatic rings. The van der Waals surface area contributed by atoms with E-state index in [0.29, 0.717) is 17.2 Å². The third kappa shape index (κ3) is 2.76. The Balaban J connectivity index is 2.14. The van der Waals surface area contributed by atoms with Crippen LogP contribution in [0.1, 0.15) is 14.6 Å². The number of hydrogen-bond acceptors (Lipinski definition) is 4.